The van der Waals surface area contributed by atoms with E-state index < -0.39 is 5.60 Å². The highest BCUT2D eigenvalue weighted by Gasteiger charge is 2.37. The number of aryl methyl sites for hydroxylation is 1. The maximum Gasteiger partial charge on any atom is 0.317 e. The lowest BCUT2D eigenvalue weighted by molar-refractivity contribution is 0.0571. The van der Waals surface area contributed by atoms with Crippen LogP contribution in [0.25, 0.3) is 10.9 Å². The Balaban J connectivity index is 1.44. The van der Waals surface area contributed by atoms with Gasteiger partial charge in [0.2, 0.25) is 0 Å². The van der Waals surface area contributed by atoms with Crippen LogP contribution >= 0.6 is 0 Å². The lowest BCUT2D eigenvalue weighted by Gasteiger charge is -2.21. The van der Waals surface area contributed by atoms with E-state index in [1.54, 1.807) is 4.90 Å². The third kappa shape index (κ3) is 3.52. The van der Waals surface area contributed by atoms with Gasteiger partial charge in [0.05, 0.1) is 24.6 Å². The van der Waals surface area contributed by atoms with Crippen molar-refractivity contribution < 1.29 is 9.90 Å². The van der Waals surface area contributed by atoms with E-state index >= 15 is 0 Å². The first-order chi connectivity index (χ1) is 11.6. The molecule has 1 aromatic carbocycles. The summed E-state index contributed by atoms with van der Waals surface area (Å²) < 4.78 is 2.18. The van der Waals surface area contributed by atoms with Gasteiger partial charge in [0.25, 0.3) is 0 Å². The SMILES string of the molecule is N#CCC1(O)CCN(C(=O)NCCCn2ccc3ccccc32)C1. The van der Waals surface area contributed by atoms with Gasteiger partial charge in [0, 0.05) is 31.3 Å². The summed E-state index contributed by atoms with van der Waals surface area (Å²) in [4.78, 5) is 13.7. The van der Waals surface area contributed by atoms with Gasteiger partial charge in [0.1, 0.15) is 0 Å². The Bertz CT molecular complexity index is 764. The standard InChI is InChI=1S/C18H22N4O2/c19-9-7-18(24)8-13-22(14-18)17(23)20-10-3-11-21-12-6-15-4-1-2-5-16(15)21/h1-2,4-6,12,24H,3,7-8,10-11,13-14H2,(H,20,23). The summed E-state index contributed by atoms with van der Waals surface area (Å²) in [6.07, 6.45) is 3.43. The molecule has 6 heteroatoms. The Morgan fingerprint density at radius 3 is 3.04 bits per heavy atom. The van der Waals surface area contributed by atoms with Gasteiger partial charge in [-0.15, -0.1) is 0 Å². The first-order valence-corrected chi connectivity index (χ1v) is 8.27. The number of aliphatic hydroxyl groups is 1. The monoisotopic (exact) mass is 326 g/mol. The molecule has 1 unspecified atom stereocenters. The van der Waals surface area contributed by atoms with Crippen molar-refractivity contribution >= 4 is 16.9 Å². The molecule has 24 heavy (non-hydrogen) atoms. The van der Waals surface area contributed by atoms with Crippen molar-refractivity contribution in [2.45, 2.75) is 31.4 Å². The highest BCUT2D eigenvalue weighted by molar-refractivity contribution is 5.79. The zero-order valence-electron chi connectivity index (χ0n) is 13.6. The molecule has 0 bridgehead atoms. The van der Waals surface area contributed by atoms with Gasteiger partial charge >= 0.3 is 6.03 Å². The van der Waals surface area contributed by atoms with Gasteiger partial charge < -0.3 is 19.9 Å². The van der Waals surface area contributed by atoms with Crippen LogP contribution in [-0.2, 0) is 6.54 Å². The molecule has 2 heterocycles. The van der Waals surface area contributed by atoms with Crippen molar-refractivity contribution in [2.75, 3.05) is 19.6 Å². The van der Waals surface area contributed by atoms with Gasteiger partial charge in [-0.05, 0) is 30.4 Å². The number of hydrogen-bond donors (Lipinski definition) is 2. The van der Waals surface area contributed by atoms with E-state index in [0.717, 1.165) is 13.0 Å². The number of likely N-dealkylation sites (tertiary alicyclic amines) is 1. The molecule has 2 aromatic rings. The third-order valence-corrected chi connectivity index (χ3v) is 4.56. The molecule has 2 N–H and O–H groups in total. The van der Waals surface area contributed by atoms with E-state index in [-0.39, 0.29) is 19.0 Å². The van der Waals surface area contributed by atoms with Crippen molar-refractivity contribution in [1.29, 1.82) is 5.26 Å². The van der Waals surface area contributed by atoms with Gasteiger partial charge in [-0.3, -0.25) is 0 Å². The minimum atomic E-state index is -1.05. The molecule has 0 saturated carbocycles. The Labute approximate surface area is 141 Å². The molecule has 1 saturated heterocycles. The summed E-state index contributed by atoms with van der Waals surface area (Å²) in [6.45, 7) is 2.14. The quantitative estimate of drug-likeness (QED) is 0.826. The smallest absolute Gasteiger partial charge is 0.317 e. The van der Waals surface area contributed by atoms with Crippen LogP contribution in [0.15, 0.2) is 36.5 Å². The Morgan fingerprint density at radius 2 is 2.21 bits per heavy atom. The second kappa shape index (κ2) is 6.93. The fourth-order valence-electron chi connectivity index (χ4n) is 3.21. The number of nitriles is 1. The summed E-state index contributed by atoms with van der Waals surface area (Å²) in [6, 6.07) is 12.1. The molecule has 0 aliphatic carbocycles. The summed E-state index contributed by atoms with van der Waals surface area (Å²) in [5.41, 5.74) is 0.154. The largest absolute Gasteiger partial charge is 0.387 e. The lowest BCUT2D eigenvalue weighted by Crippen LogP contribution is -2.41. The van der Waals surface area contributed by atoms with E-state index in [4.69, 9.17) is 5.26 Å². The predicted molar refractivity (Wildman–Crippen MR) is 91.3 cm³/mol. The van der Waals surface area contributed by atoms with Crippen LogP contribution in [0.5, 0.6) is 0 Å². The normalized spacial score (nSPS) is 20.2. The molecule has 0 radical (unpaired) electrons. The van der Waals surface area contributed by atoms with E-state index in [9.17, 15) is 9.90 Å². The fourth-order valence-corrected chi connectivity index (χ4v) is 3.21. The molecule has 1 atom stereocenters. The minimum Gasteiger partial charge on any atom is -0.387 e. The molecule has 1 aliphatic heterocycles. The minimum absolute atomic E-state index is 0.0669. The maximum atomic E-state index is 12.1. The number of nitrogens with one attached hydrogen (secondary N) is 1. The average molecular weight is 326 g/mol. The summed E-state index contributed by atoms with van der Waals surface area (Å²) >= 11 is 0. The molecular formula is C18H22N4O2. The number of para-hydroxylation sites is 1. The highest BCUT2D eigenvalue weighted by atomic mass is 16.3. The molecule has 1 fully saturated rings. The first kappa shape index (κ1) is 16.3. The summed E-state index contributed by atoms with van der Waals surface area (Å²) in [5, 5.41) is 23.0. The fraction of sp³-hybridized carbons (Fsp3) is 0.444. The number of hydrogen-bond acceptors (Lipinski definition) is 3. The Hall–Kier alpha value is -2.52. The Morgan fingerprint density at radius 1 is 1.38 bits per heavy atom. The highest BCUT2D eigenvalue weighted by Crippen LogP contribution is 2.24. The van der Waals surface area contributed by atoms with Crippen LogP contribution in [0.3, 0.4) is 0 Å². The molecule has 0 spiro atoms. The number of rotatable bonds is 5. The molecule has 1 aliphatic rings. The molecule has 1 aromatic heterocycles. The lowest BCUT2D eigenvalue weighted by atomic mass is 10.0. The van der Waals surface area contributed by atoms with Crippen LogP contribution in [-0.4, -0.2) is 45.8 Å². The van der Waals surface area contributed by atoms with Crippen LogP contribution in [0.1, 0.15) is 19.3 Å². The van der Waals surface area contributed by atoms with E-state index in [0.29, 0.717) is 19.5 Å². The zero-order chi connectivity index (χ0) is 17.0. The number of fused-ring (bicyclic) bond motifs is 1. The third-order valence-electron chi connectivity index (χ3n) is 4.56. The number of β-amino-alcohol motifs (C(OH)–C–C–N with tert-alkyl or cyclic N) is 1. The Kier molecular flexibility index (Phi) is 4.72. The average Bonchev–Trinajstić information content (AvgIpc) is 3.16. The van der Waals surface area contributed by atoms with Crippen molar-refractivity contribution in [2.24, 2.45) is 0 Å². The van der Waals surface area contributed by atoms with Gasteiger partial charge in [-0.25, -0.2) is 4.79 Å². The van der Waals surface area contributed by atoms with Crippen LogP contribution < -0.4 is 5.32 Å². The van der Waals surface area contributed by atoms with Gasteiger partial charge in [0.15, 0.2) is 0 Å². The number of carbonyl (C=O) groups is 1. The molecule has 126 valence electrons. The zero-order valence-corrected chi connectivity index (χ0v) is 13.6. The van der Waals surface area contributed by atoms with Gasteiger partial charge in [-0.1, -0.05) is 18.2 Å². The van der Waals surface area contributed by atoms with Crippen molar-refractivity contribution in [3.05, 3.63) is 36.5 Å². The van der Waals surface area contributed by atoms with Crippen LogP contribution in [0, 0.1) is 11.3 Å². The molecule has 2 amide bonds. The number of urea groups is 1. The number of nitrogens with zero attached hydrogens (tertiary/aromatic N) is 3. The second-order valence-corrected chi connectivity index (χ2v) is 6.38. The van der Waals surface area contributed by atoms with Crippen LogP contribution in [0.4, 0.5) is 4.79 Å². The number of amides is 2. The van der Waals surface area contributed by atoms with E-state index in [1.807, 2.05) is 18.2 Å². The predicted octanol–water partition coefficient (Wildman–Crippen LogP) is 2.09. The van der Waals surface area contributed by atoms with E-state index in [1.165, 1.54) is 10.9 Å². The second-order valence-electron chi connectivity index (χ2n) is 6.38. The van der Waals surface area contributed by atoms with E-state index in [2.05, 4.69) is 34.3 Å². The molecule has 3 rings (SSSR count). The van der Waals surface area contributed by atoms with Gasteiger partial charge in [-0.2, -0.15) is 5.26 Å². The number of benzene rings is 1. The van der Waals surface area contributed by atoms with Crippen molar-refractivity contribution in [3.8, 4) is 6.07 Å². The summed E-state index contributed by atoms with van der Waals surface area (Å²) in [7, 11) is 0. The first-order valence-electron chi connectivity index (χ1n) is 8.27. The molecular weight excluding hydrogens is 304 g/mol. The van der Waals surface area contributed by atoms with Crippen molar-refractivity contribution in [1.82, 2.24) is 14.8 Å². The topological polar surface area (TPSA) is 81.3 Å². The summed E-state index contributed by atoms with van der Waals surface area (Å²) in [5.74, 6) is 0. The van der Waals surface area contributed by atoms with Crippen LogP contribution in [0.2, 0.25) is 0 Å². The maximum absolute atomic E-state index is 12.1. The number of aromatic nitrogens is 1. The molecule has 6 nitrogen and oxygen atoms in total. The van der Waals surface area contributed by atoms with Crippen molar-refractivity contribution in [3.63, 3.8) is 0 Å². The number of carbonyl (C=O) groups excluding carboxylic acids is 1.